The van der Waals surface area contributed by atoms with E-state index in [0.717, 1.165) is 0 Å². The van der Waals surface area contributed by atoms with Gasteiger partial charge in [0.05, 0.1) is 13.2 Å². The molecule has 0 radical (unpaired) electrons. The second-order valence-electron chi connectivity index (χ2n) is 2.11. The minimum absolute atomic E-state index is 0.214. The summed E-state index contributed by atoms with van der Waals surface area (Å²) in [5.74, 6) is 0. The average molecular weight is 201 g/mol. The van der Waals surface area contributed by atoms with E-state index < -0.39 is 0 Å². The molecule has 0 saturated carbocycles. The number of nitrogens with zero attached hydrogens (tertiary/aromatic N) is 2. The van der Waals surface area contributed by atoms with Crippen molar-refractivity contribution in [1.29, 1.82) is 0 Å². The predicted molar refractivity (Wildman–Crippen MR) is 49.6 cm³/mol. The fraction of sp³-hybridized carbons (Fsp3) is 0.571. The Morgan fingerprint density at radius 3 is 2.00 bits per heavy atom. The maximum absolute atomic E-state index is 5.12. The van der Waals surface area contributed by atoms with Gasteiger partial charge in [0.25, 0.3) is 12.0 Å². The lowest BCUT2D eigenvalue weighted by molar-refractivity contribution is 0.278. The van der Waals surface area contributed by atoms with Crippen LogP contribution in [0.25, 0.3) is 0 Å². The highest BCUT2D eigenvalue weighted by Gasteiger charge is 2.00. The van der Waals surface area contributed by atoms with Gasteiger partial charge in [0.2, 0.25) is 4.77 Å². The number of H-pyrrole nitrogens is 1. The molecule has 1 aromatic rings. The summed E-state index contributed by atoms with van der Waals surface area (Å²) in [5, 5.41) is 0. The smallest absolute Gasteiger partial charge is 0.300 e. The van der Waals surface area contributed by atoms with Crippen molar-refractivity contribution in [2.45, 2.75) is 13.8 Å². The minimum atomic E-state index is 0.214. The molecule has 0 bridgehead atoms. The number of hydrogen-bond donors (Lipinski definition) is 1. The van der Waals surface area contributed by atoms with E-state index >= 15 is 0 Å². The summed E-state index contributed by atoms with van der Waals surface area (Å²) < 4.78 is 10.5. The van der Waals surface area contributed by atoms with Crippen molar-refractivity contribution in [1.82, 2.24) is 15.0 Å². The van der Waals surface area contributed by atoms with Crippen LogP contribution in [0.3, 0.4) is 0 Å². The Morgan fingerprint density at radius 1 is 1.15 bits per heavy atom. The number of aromatic amines is 1. The molecule has 0 aliphatic heterocycles. The lowest BCUT2D eigenvalue weighted by Gasteiger charge is -2.04. The van der Waals surface area contributed by atoms with Gasteiger partial charge in [-0.15, -0.1) is 0 Å². The van der Waals surface area contributed by atoms with Crippen LogP contribution >= 0.6 is 12.2 Å². The van der Waals surface area contributed by atoms with Gasteiger partial charge in [-0.1, -0.05) is 0 Å². The first-order valence-electron chi connectivity index (χ1n) is 4.00. The molecule has 0 spiro atoms. The SMILES string of the molecule is CCOc1nc(=S)nc(OCC)[nH]1. The first kappa shape index (κ1) is 9.91. The molecule has 5 nitrogen and oxygen atoms in total. The molecule has 72 valence electrons. The summed E-state index contributed by atoms with van der Waals surface area (Å²) in [4.78, 5) is 10.5. The maximum atomic E-state index is 5.12. The number of rotatable bonds is 4. The molecule has 0 saturated heterocycles. The van der Waals surface area contributed by atoms with E-state index in [1.165, 1.54) is 0 Å². The van der Waals surface area contributed by atoms with E-state index in [1.54, 1.807) is 0 Å². The second kappa shape index (κ2) is 4.76. The second-order valence-corrected chi connectivity index (χ2v) is 2.47. The zero-order valence-electron chi connectivity index (χ0n) is 7.53. The van der Waals surface area contributed by atoms with Crippen LogP contribution in [0.2, 0.25) is 0 Å². The van der Waals surface area contributed by atoms with Gasteiger partial charge in [-0.25, -0.2) is 0 Å². The summed E-state index contributed by atoms with van der Waals surface area (Å²) >= 11 is 4.81. The van der Waals surface area contributed by atoms with Crippen molar-refractivity contribution in [3.05, 3.63) is 4.77 Å². The van der Waals surface area contributed by atoms with Crippen LogP contribution in [0, 0.1) is 4.77 Å². The third-order valence-electron chi connectivity index (χ3n) is 1.17. The van der Waals surface area contributed by atoms with E-state index in [2.05, 4.69) is 15.0 Å². The van der Waals surface area contributed by atoms with E-state index in [0.29, 0.717) is 25.2 Å². The molecule has 0 aliphatic rings. The van der Waals surface area contributed by atoms with Crippen LogP contribution in [0.15, 0.2) is 0 Å². The Morgan fingerprint density at radius 2 is 1.62 bits per heavy atom. The normalized spacial score (nSPS) is 9.69. The number of nitrogens with one attached hydrogen (secondary N) is 1. The third-order valence-corrected chi connectivity index (χ3v) is 1.35. The summed E-state index contributed by atoms with van der Waals surface area (Å²) in [6.45, 7) is 4.76. The summed E-state index contributed by atoms with van der Waals surface area (Å²) in [6.07, 6.45) is 0. The standard InChI is InChI=1S/C7H11N3O2S/c1-3-11-5-8-6(12-4-2)10-7(13)9-5/h3-4H2,1-2H3,(H,8,9,10,13). The molecular formula is C7H11N3O2S. The molecular weight excluding hydrogens is 190 g/mol. The quantitative estimate of drug-likeness (QED) is 0.745. The molecule has 0 amide bonds. The van der Waals surface area contributed by atoms with Gasteiger partial charge in [-0.2, -0.15) is 9.97 Å². The Kier molecular flexibility index (Phi) is 3.63. The van der Waals surface area contributed by atoms with Gasteiger partial charge >= 0.3 is 0 Å². The zero-order valence-corrected chi connectivity index (χ0v) is 8.35. The van der Waals surface area contributed by atoms with Crippen molar-refractivity contribution in [2.75, 3.05) is 13.2 Å². The predicted octanol–water partition coefficient (Wildman–Crippen LogP) is 1.33. The van der Waals surface area contributed by atoms with Gasteiger partial charge < -0.3 is 9.47 Å². The number of ether oxygens (including phenoxy) is 2. The largest absolute Gasteiger partial charge is 0.465 e. The lowest BCUT2D eigenvalue weighted by atomic mass is 10.8. The van der Waals surface area contributed by atoms with Crippen molar-refractivity contribution < 1.29 is 9.47 Å². The van der Waals surface area contributed by atoms with Crippen LogP contribution in [0.5, 0.6) is 12.0 Å². The van der Waals surface area contributed by atoms with Crippen LogP contribution in [-0.2, 0) is 0 Å². The van der Waals surface area contributed by atoms with Gasteiger partial charge in [0, 0.05) is 0 Å². The minimum Gasteiger partial charge on any atom is -0.465 e. The first-order chi connectivity index (χ1) is 6.26. The summed E-state index contributed by atoms with van der Waals surface area (Å²) in [6, 6.07) is 0.678. The van der Waals surface area contributed by atoms with Crippen LogP contribution in [0.4, 0.5) is 0 Å². The summed E-state index contributed by atoms with van der Waals surface area (Å²) in [7, 11) is 0. The average Bonchev–Trinajstić information content (AvgIpc) is 2.04. The number of aromatic nitrogens is 3. The van der Waals surface area contributed by atoms with Crippen molar-refractivity contribution in [2.24, 2.45) is 0 Å². The molecule has 1 aromatic heterocycles. The fourth-order valence-corrected chi connectivity index (χ4v) is 0.922. The highest BCUT2D eigenvalue weighted by Crippen LogP contribution is 2.06. The van der Waals surface area contributed by atoms with Gasteiger partial charge in [0.1, 0.15) is 0 Å². The molecule has 6 heteroatoms. The first-order valence-corrected chi connectivity index (χ1v) is 4.41. The highest BCUT2D eigenvalue weighted by molar-refractivity contribution is 7.71. The van der Waals surface area contributed by atoms with Crippen molar-refractivity contribution in [3.63, 3.8) is 0 Å². The van der Waals surface area contributed by atoms with Crippen LogP contribution in [-0.4, -0.2) is 28.2 Å². The van der Waals surface area contributed by atoms with Crippen molar-refractivity contribution in [3.8, 4) is 12.0 Å². The van der Waals surface area contributed by atoms with Gasteiger partial charge in [-0.3, -0.25) is 4.98 Å². The van der Waals surface area contributed by atoms with E-state index in [-0.39, 0.29) is 4.77 Å². The van der Waals surface area contributed by atoms with Crippen LogP contribution < -0.4 is 9.47 Å². The molecule has 0 aliphatic carbocycles. The number of hydrogen-bond acceptors (Lipinski definition) is 5. The molecule has 1 heterocycles. The van der Waals surface area contributed by atoms with Crippen molar-refractivity contribution >= 4 is 12.2 Å². The molecule has 0 atom stereocenters. The van der Waals surface area contributed by atoms with E-state index in [1.807, 2.05) is 13.8 Å². The Balaban J connectivity index is 2.90. The zero-order chi connectivity index (χ0) is 9.68. The molecule has 1 N–H and O–H groups in total. The van der Waals surface area contributed by atoms with Gasteiger partial charge in [0.15, 0.2) is 0 Å². The highest BCUT2D eigenvalue weighted by atomic mass is 32.1. The third kappa shape index (κ3) is 2.98. The lowest BCUT2D eigenvalue weighted by Crippen LogP contribution is -2.03. The Hall–Kier alpha value is -1.17. The fourth-order valence-electron chi connectivity index (χ4n) is 0.756. The Bertz CT molecular complexity index is 299. The molecule has 13 heavy (non-hydrogen) atoms. The molecule has 0 fully saturated rings. The van der Waals surface area contributed by atoms with Crippen LogP contribution in [0.1, 0.15) is 13.8 Å². The van der Waals surface area contributed by atoms with E-state index in [4.69, 9.17) is 21.7 Å². The molecule has 1 rings (SSSR count). The summed E-state index contributed by atoms with van der Waals surface area (Å²) in [5.41, 5.74) is 0. The maximum Gasteiger partial charge on any atom is 0.300 e. The Labute approximate surface area is 81.1 Å². The molecule has 0 unspecified atom stereocenters. The van der Waals surface area contributed by atoms with E-state index in [9.17, 15) is 0 Å². The van der Waals surface area contributed by atoms with Gasteiger partial charge in [-0.05, 0) is 26.1 Å². The molecule has 0 aromatic carbocycles. The topological polar surface area (TPSA) is 60.0 Å². The monoisotopic (exact) mass is 201 g/mol.